The molecular formula is C34H39N5O6. The molecule has 0 fully saturated rings. The second-order valence-electron chi connectivity index (χ2n) is 11.4. The van der Waals surface area contributed by atoms with Crippen molar-refractivity contribution in [2.24, 2.45) is 11.7 Å². The molecule has 0 spiro atoms. The lowest BCUT2D eigenvalue weighted by atomic mass is 9.99. The third kappa shape index (κ3) is 8.93. The second kappa shape index (κ2) is 15.0. The summed E-state index contributed by atoms with van der Waals surface area (Å²) in [6.07, 6.45) is 2.03. The lowest BCUT2D eigenvalue weighted by molar-refractivity contribution is -0.142. The zero-order valence-corrected chi connectivity index (χ0v) is 25.2. The number of fused-ring (bicyclic) bond motifs is 1. The molecule has 45 heavy (non-hydrogen) atoms. The van der Waals surface area contributed by atoms with Gasteiger partial charge in [0.15, 0.2) is 0 Å². The number of aromatic amines is 1. The molecule has 4 aromatic rings. The van der Waals surface area contributed by atoms with Crippen LogP contribution in [0.15, 0.2) is 85.1 Å². The van der Waals surface area contributed by atoms with Crippen molar-refractivity contribution in [3.8, 4) is 5.75 Å². The standard InChI is InChI=1S/C34H39N5O6/c1-20(2)30(39-31(41)26(35)16-22-12-14-24(40)15-13-22)33(43)37-28(17-21-8-4-3-5-9-21)32(42)38-29(34(44)45)18-23-19-36-27-11-7-6-10-25(23)27/h3-15,19-20,26,28-30,36,40H,16-18,35H2,1-2H3,(H,37,43)(H,38,42)(H,39,41)(H,44,45). The number of nitrogens with one attached hydrogen (secondary N) is 4. The number of carboxylic acid groups (broad SMARTS) is 1. The summed E-state index contributed by atoms with van der Waals surface area (Å²) in [7, 11) is 0. The Morgan fingerprint density at radius 2 is 1.36 bits per heavy atom. The van der Waals surface area contributed by atoms with Gasteiger partial charge in [-0.2, -0.15) is 0 Å². The van der Waals surface area contributed by atoms with Crippen LogP contribution in [-0.4, -0.2) is 63.1 Å². The molecule has 0 saturated carbocycles. The molecule has 3 amide bonds. The fourth-order valence-electron chi connectivity index (χ4n) is 5.09. The van der Waals surface area contributed by atoms with Crippen molar-refractivity contribution in [3.05, 3.63) is 102 Å². The first-order chi connectivity index (χ1) is 21.5. The first kappa shape index (κ1) is 32.7. The van der Waals surface area contributed by atoms with Crippen LogP contribution in [0, 0.1) is 5.92 Å². The van der Waals surface area contributed by atoms with E-state index in [9.17, 15) is 29.4 Å². The van der Waals surface area contributed by atoms with Crippen molar-refractivity contribution in [1.29, 1.82) is 0 Å². The van der Waals surface area contributed by atoms with Gasteiger partial charge in [0.1, 0.15) is 23.9 Å². The molecule has 0 bridgehead atoms. The van der Waals surface area contributed by atoms with Crippen molar-refractivity contribution in [3.63, 3.8) is 0 Å². The predicted octanol–water partition coefficient (Wildman–Crippen LogP) is 2.42. The Labute approximate surface area is 261 Å². The zero-order chi connectivity index (χ0) is 32.5. The van der Waals surface area contributed by atoms with Gasteiger partial charge in [0.25, 0.3) is 0 Å². The maximum Gasteiger partial charge on any atom is 0.326 e. The first-order valence-corrected chi connectivity index (χ1v) is 14.8. The molecular weight excluding hydrogens is 574 g/mol. The number of carbonyl (C=O) groups is 4. The average Bonchev–Trinajstić information content (AvgIpc) is 3.43. The van der Waals surface area contributed by atoms with E-state index < -0.39 is 47.9 Å². The van der Waals surface area contributed by atoms with Crippen molar-refractivity contribution in [1.82, 2.24) is 20.9 Å². The van der Waals surface area contributed by atoms with Crippen LogP contribution < -0.4 is 21.7 Å². The van der Waals surface area contributed by atoms with E-state index >= 15 is 0 Å². The molecule has 1 heterocycles. The Hall–Kier alpha value is -5.16. The van der Waals surface area contributed by atoms with Gasteiger partial charge < -0.3 is 36.9 Å². The number of benzene rings is 3. The Balaban J connectivity index is 1.48. The molecule has 11 heteroatoms. The number of carbonyl (C=O) groups excluding carboxylic acids is 3. The highest BCUT2D eigenvalue weighted by atomic mass is 16.4. The van der Waals surface area contributed by atoms with Crippen molar-refractivity contribution in [2.45, 2.75) is 57.3 Å². The molecule has 3 aromatic carbocycles. The summed E-state index contributed by atoms with van der Waals surface area (Å²) in [5.41, 5.74) is 9.20. The van der Waals surface area contributed by atoms with E-state index in [2.05, 4.69) is 20.9 Å². The first-order valence-electron chi connectivity index (χ1n) is 14.8. The molecule has 4 atom stereocenters. The molecule has 0 aliphatic rings. The number of aromatic nitrogens is 1. The molecule has 8 N–H and O–H groups in total. The Bertz CT molecular complexity index is 1620. The summed E-state index contributed by atoms with van der Waals surface area (Å²) < 4.78 is 0. The SMILES string of the molecule is CC(C)C(NC(=O)C(N)Cc1ccc(O)cc1)C(=O)NC(Cc1ccccc1)C(=O)NC(Cc1c[nH]c2ccccc12)C(=O)O. The number of phenolic OH excluding ortho intramolecular Hbond substituents is 1. The number of hydrogen-bond acceptors (Lipinski definition) is 6. The minimum Gasteiger partial charge on any atom is -0.508 e. The number of phenols is 1. The molecule has 1 aromatic heterocycles. The quantitative estimate of drug-likeness (QED) is 0.114. The van der Waals surface area contributed by atoms with Crippen LogP contribution in [-0.2, 0) is 38.4 Å². The summed E-state index contributed by atoms with van der Waals surface area (Å²) in [4.78, 5) is 55.5. The average molecular weight is 614 g/mol. The minimum absolute atomic E-state index is 0.0285. The van der Waals surface area contributed by atoms with Crippen molar-refractivity contribution < 1.29 is 29.4 Å². The van der Waals surface area contributed by atoms with Gasteiger partial charge in [-0.1, -0.05) is 74.5 Å². The second-order valence-corrected chi connectivity index (χ2v) is 11.4. The third-order valence-corrected chi connectivity index (χ3v) is 7.60. The molecule has 236 valence electrons. The lowest BCUT2D eigenvalue weighted by Gasteiger charge is -2.27. The fraction of sp³-hybridized carbons (Fsp3) is 0.294. The van der Waals surface area contributed by atoms with Crippen LogP contribution in [0.2, 0.25) is 0 Å². The molecule has 4 rings (SSSR count). The molecule has 0 aliphatic carbocycles. The van der Waals surface area contributed by atoms with Crippen LogP contribution in [0.5, 0.6) is 5.75 Å². The fourth-order valence-corrected chi connectivity index (χ4v) is 5.09. The van der Waals surface area contributed by atoms with E-state index in [0.717, 1.165) is 27.6 Å². The minimum atomic E-state index is -1.26. The largest absolute Gasteiger partial charge is 0.508 e. The maximum absolute atomic E-state index is 13.6. The number of hydrogen-bond donors (Lipinski definition) is 7. The van der Waals surface area contributed by atoms with Crippen molar-refractivity contribution in [2.75, 3.05) is 0 Å². The topological polar surface area (TPSA) is 187 Å². The van der Waals surface area contributed by atoms with E-state index in [-0.39, 0.29) is 30.9 Å². The highest BCUT2D eigenvalue weighted by molar-refractivity contribution is 5.94. The van der Waals surface area contributed by atoms with Crippen LogP contribution in [0.4, 0.5) is 0 Å². The normalized spacial score (nSPS) is 13.9. The van der Waals surface area contributed by atoms with E-state index in [1.807, 2.05) is 30.3 Å². The Kier molecular flexibility index (Phi) is 10.9. The van der Waals surface area contributed by atoms with E-state index in [0.29, 0.717) is 0 Å². The monoisotopic (exact) mass is 613 g/mol. The molecule has 0 saturated heterocycles. The number of aliphatic carboxylic acids is 1. The van der Waals surface area contributed by atoms with Crippen LogP contribution >= 0.6 is 0 Å². The van der Waals surface area contributed by atoms with Gasteiger partial charge in [-0.05, 0) is 47.2 Å². The number of aromatic hydroxyl groups is 1. The Morgan fingerprint density at radius 3 is 2.02 bits per heavy atom. The van der Waals surface area contributed by atoms with Gasteiger partial charge in [0.2, 0.25) is 17.7 Å². The van der Waals surface area contributed by atoms with Crippen LogP contribution in [0.3, 0.4) is 0 Å². The van der Waals surface area contributed by atoms with E-state index in [1.54, 1.807) is 56.4 Å². The summed E-state index contributed by atoms with van der Waals surface area (Å²) in [6, 6.07) is 18.4. The summed E-state index contributed by atoms with van der Waals surface area (Å²) >= 11 is 0. The van der Waals surface area contributed by atoms with E-state index in [4.69, 9.17) is 5.73 Å². The highest BCUT2D eigenvalue weighted by Gasteiger charge is 2.32. The highest BCUT2D eigenvalue weighted by Crippen LogP contribution is 2.19. The molecule has 0 radical (unpaired) electrons. The number of H-pyrrole nitrogens is 1. The van der Waals surface area contributed by atoms with Gasteiger partial charge in [-0.3, -0.25) is 14.4 Å². The molecule has 4 unspecified atom stereocenters. The van der Waals surface area contributed by atoms with Gasteiger partial charge in [-0.15, -0.1) is 0 Å². The number of nitrogens with two attached hydrogens (primary N) is 1. The summed E-state index contributed by atoms with van der Waals surface area (Å²) in [5.74, 6) is -3.30. The number of para-hydroxylation sites is 1. The number of rotatable bonds is 14. The predicted molar refractivity (Wildman–Crippen MR) is 170 cm³/mol. The van der Waals surface area contributed by atoms with Gasteiger partial charge in [0, 0.05) is 29.9 Å². The Morgan fingerprint density at radius 1 is 0.733 bits per heavy atom. The van der Waals surface area contributed by atoms with E-state index in [1.165, 1.54) is 12.1 Å². The van der Waals surface area contributed by atoms with Gasteiger partial charge in [-0.25, -0.2) is 4.79 Å². The van der Waals surface area contributed by atoms with Crippen molar-refractivity contribution >= 4 is 34.6 Å². The zero-order valence-electron chi connectivity index (χ0n) is 25.2. The maximum atomic E-state index is 13.6. The smallest absolute Gasteiger partial charge is 0.326 e. The van der Waals surface area contributed by atoms with Gasteiger partial charge in [0.05, 0.1) is 6.04 Å². The van der Waals surface area contributed by atoms with Crippen LogP contribution in [0.1, 0.15) is 30.5 Å². The number of carboxylic acids is 1. The summed E-state index contributed by atoms with van der Waals surface area (Å²) in [6.45, 7) is 3.51. The molecule has 11 nitrogen and oxygen atoms in total. The summed E-state index contributed by atoms with van der Waals surface area (Å²) in [5, 5.41) is 28.4. The third-order valence-electron chi connectivity index (χ3n) is 7.60. The molecule has 0 aliphatic heterocycles. The van der Waals surface area contributed by atoms with Gasteiger partial charge >= 0.3 is 5.97 Å². The van der Waals surface area contributed by atoms with Crippen LogP contribution in [0.25, 0.3) is 10.9 Å². The number of amides is 3. The lowest BCUT2D eigenvalue weighted by Crippen LogP contribution is -2.59.